The second-order valence-corrected chi connectivity index (χ2v) is 9.49. The Labute approximate surface area is 176 Å². The molecule has 29 heavy (non-hydrogen) atoms. The van der Waals surface area contributed by atoms with Crippen LogP contribution in [0.4, 0.5) is 0 Å². The number of methoxy groups -OCH3 is 1. The van der Waals surface area contributed by atoms with Crippen molar-refractivity contribution in [2.24, 2.45) is 5.92 Å². The number of rotatable bonds is 7. The van der Waals surface area contributed by atoms with Crippen molar-refractivity contribution in [1.82, 2.24) is 9.62 Å². The summed E-state index contributed by atoms with van der Waals surface area (Å²) >= 11 is 5.85. The summed E-state index contributed by atoms with van der Waals surface area (Å²) in [7, 11) is -1.82. The van der Waals surface area contributed by atoms with Gasteiger partial charge in [0.2, 0.25) is 15.9 Å². The molecule has 1 aliphatic rings. The number of ether oxygens (including phenoxy) is 1. The Morgan fingerprint density at radius 1 is 1.14 bits per heavy atom. The van der Waals surface area contributed by atoms with E-state index in [1.54, 1.807) is 31.4 Å². The van der Waals surface area contributed by atoms with Crippen LogP contribution in [0.3, 0.4) is 0 Å². The topological polar surface area (TPSA) is 75.7 Å². The first-order valence-electron chi connectivity index (χ1n) is 9.51. The molecule has 0 atom stereocenters. The maximum atomic E-state index is 12.7. The van der Waals surface area contributed by atoms with E-state index in [0.717, 1.165) is 11.3 Å². The standard InChI is InChI=1S/C21H25ClN2O4S/c1-28-20-5-3-2-4-18(20)14-23-21(25)17-10-12-24(13-11-17)29(26,27)15-16-6-8-19(22)9-7-16/h2-9,17H,10-15H2,1H3,(H,23,25). The van der Waals surface area contributed by atoms with Crippen LogP contribution in [0, 0.1) is 5.92 Å². The number of sulfonamides is 1. The molecule has 0 bridgehead atoms. The monoisotopic (exact) mass is 436 g/mol. The molecular formula is C21H25ClN2O4S. The van der Waals surface area contributed by atoms with Gasteiger partial charge in [-0.3, -0.25) is 4.79 Å². The molecule has 1 heterocycles. The summed E-state index contributed by atoms with van der Waals surface area (Å²) in [5, 5.41) is 3.52. The number of hydrogen-bond donors (Lipinski definition) is 1. The van der Waals surface area contributed by atoms with Crippen LogP contribution >= 0.6 is 11.6 Å². The van der Waals surface area contributed by atoms with E-state index in [0.29, 0.717) is 43.1 Å². The summed E-state index contributed by atoms with van der Waals surface area (Å²) in [5.74, 6) is 0.433. The van der Waals surface area contributed by atoms with Gasteiger partial charge in [-0.2, -0.15) is 0 Å². The zero-order valence-electron chi connectivity index (χ0n) is 16.3. The zero-order chi connectivity index (χ0) is 20.9. The van der Waals surface area contributed by atoms with E-state index in [-0.39, 0.29) is 17.6 Å². The number of nitrogens with one attached hydrogen (secondary N) is 1. The van der Waals surface area contributed by atoms with E-state index in [1.807, 2.05) is 24.3 Å². The van der Waals surface area contributed by atoms with Crippen LogP contribution in [-0.2, 0) is 27.1 Å². The summed E-state index contributed by atoms with van der Waals surface area (Å²) in [6.45, 7) is 1.09. The van der Waals surface area contributed by atoms with Gasteiger partial charge in [0, 0.05) is 36.1 Å². The maximum absolute atomic E-state index is 12.7. The number of carbonyl (C=O) groups is 1. The number of halogens is 1. The molecule has 156 valence electrons. The second kappa shape index (κ2) is 9.61. The lowest BCUT2D eigenvalue weighted by Gasteiger charge is -2.30. The van der Waals surface area contributed by atoms with Gasteiger partial charge in [-0.1, -0.05) is 41.9 Å². The third-order valence-corrected chi connectivity index (χ3v) is 7.23. The number of amides is 1. The summed E-state index contributed by atoms with van der Waals surface area (Å²) in [6.07, 6.45) is 1.02. The minimum absolute atomic E-state index is 0.0503. The average Bonchev–Trinajstić information content (AvgIpc) is 2.74. The molecule has 3 rings (SSSR count). The molecule has 0 radical (unpaired) electrons. The predicted octanol–water partition coefficient (Wildman–Crippen LogP) is 3.21. The fourth-order valence-corrected chi connectivity index (χ4v) is 5.14. The first-order valence-corrected chi connectivity index (χ1v) is 11.5. The Balaban J connectivity index is 1.51. The van der Waals surface area contributed by atoms with Crippen molar-refractivity contribution >= 4 is 27.5 Å². The third kappa shape index (κ3) is 5.72. The number of nitrogens with zero attached hydrogens (tertiary/aromatic N) is 1. The molecule has 1 saturated heterocycles. The molecule has 0 unspecified atom stereocenters. The van der Waals surface area contributed by atoms with E-state index in [2.05, 4.69) is 5.32 Å². The van der Waals surface area contributed by atoms with Crippen LogP contribution in [0.25, 0.3) is 0 Å². The minimum atomic E-state index is -3.42. The fraction of sp³-hybridized carbons (Fsp3) is 0.381. The highest BCUT2D eigenvalue weighted by molar-refractivity contribution is 7.88. The lowest BCUT2D eigenvalue weighted by atomic mass is 9.97. The Hall–Kier alpha value is -2.09. The molecule has 1 amide bonds. The van der Waals surface area contributed by atoms with Crippen molar-refractivity contribution in [3.05, 3.63) is 64.7 Å². The highest BCUT2D eigenvalue weighted by Crippen LogP contribution is 2.23. The zero-order valence-corrected chi connectivity index (χ0v) is 17.9. The average molecular weight is 437 g/mol. The first kappa shape index (κ1) is 21.6. The second-order valence-electron chi connectivity index (χ2n) is 7.09. The van der Waals surface area contributed by atoms with Crippen LogP contribution in [0.1, 0.15) is 24.0 Å². The van der Waals surface area contributed by atoms with Crippen molar-refractivity contribution in [1.29, 1.82) is 0 Å². The van der Waals surface area contributed by atoms with Crippen LogP contribution in [0.2, 0.25) is 5.02 Å². The Kier molecular flexibility index (Phi) is 7.16. The largest absolute Gasteiger partial charge is 0.496 e. The van der Waals surface area contributed by atoms with Crippen molar-refractivity contribution in [3.8, 4) is 5.75 Å². The molecule has 1 aliphatic heterocycles. The van der Waals surface area contributed by atoms with Crippen molar-refractivity contribution in [2.45, 2.75) is 25.1 Å². The minimum Gasteiger partial charge on any atom is -0.496 e. The molecule has 6 nitrogen and oxygen atoms in total. The van der Waals surface area contributed by atoms with Crippen molar-refractivity contribution < 1.29 is 17.9 Å². The van der Waals surface area contributed by atoms with Crippen molar-refractivity contribution in [2.75, 3.05) is 20.2 Å². The third-order valence-electron chi connectivity index (χ3n) is 5.13. The normalized spacial score (nSPS) is 15.8. The Morgan fingerprint density at radius 2 is 1.79 bits per heavy atom. The number of piperidine rings is 1. The lowest BCUT2D eigenvalue weighted by Crippen LogP contribution is -2.43. The van der Waals surface area contributed by atoms with Gasteiger partial charge < -0.3 is 10.1 Å². The van der Waals surface area contributed by atoms with Gasteiger partial charge in [-0.25, -0.2) is 12.7 Å². The maximum Gasteiger partial charge on any atom is 0.223 e. The van der Waals surface area contributed by atoms with Gasteiger partial charge in [0.1, 0.15) is 5.75 Å². The molecule has 2 aromatic rings. The van der Waals surface area contributed by atoms with Gasteiger partial charge in [-0.15, -0.1) is 0 Å². The Bertz CT molecular complexity index is 939. The molecule has 8 heteroatoms. The molecule has 0 aromatic heterocycles. The molecule has 1 fully saturated rings. The molecule has 0 saturated carbocycles. The van der Waals surface area contributed by atoms with E-state index in [9.17, 15) is 13.2 Å². The molecule has 0 aliphatic carbocycles. The predicted molar refractivity (Wildman–Crippen MR) is 113 cm³/mol. The number of para-hydroxylation sites is 1. The molecular weight excluding hydrogens is 412 g/mol. The van der Waals surface area contributed by atoms with Crippen molar-refractivity contribution in [3.63, 3.8) is 0 Å². The summed E-state index contributed by atoms with van der Waals surface area (Å²) < 4.78 is 32.1. The van der Waals surface area contributed by atoms with Crippen LogP contribution in [0.5, 0.6) is 5.75 Å². The highest BCUT2D eigenvalue weighted by Gasteiger charge is 2.31. The number of carbonyl (C=O) groups excluding carboxylic acids is 1. The van der Waals surface area contributed by atoms with Crippen LogP contribution < -0.4 is 10.1 Å². The summed E-state index contributed by atoms with van der Waals surface area (Å²) in [6, 6.07) is 14.3. The lowest BCUT2D eigenvalue weighted by molar-refractivity contribution is -0.126. The van der Waals surface area contributed by atoms with Gasteiger partial charge >= 0.3 is 0 Å². The summed E-state index contributed by atoms with van der Waals surface area (Å²) in [4.78, 5) is 12.5. The van der Waals surface area contributed by atoms with E-state index < -0.39 is 10.0 Å². The Morgan fingerprint density at radius 3 is 2.45 bits per heavy atom. The molecule has 1 N–H and O–H groups in total. The smallest absolute Gasteiger partial charge is 0.223 e. The summed E-state index contributed by atoms with van der Waals surface area (Å²) in [5.41, 5.74) is 1.61. The van der Waals surface area contributed by atoms with Crippen LogP contribution in [0.15, 0.2) is 48.5 Å². The highest BCUT2D eigenvalue weighted by atomic mass is 35.5. The number of benzene rings is 2. The van der Waals surface area contributed by atoms with E-state index in [4.69, 9.17) is 16.3 Å². The SMILES string of the molecule is COc1ccccc1CNC(=O)C1CCN(S(=O)(=O)Cc2ccc(Cl)cc2)CC1. The molecule has 2 aromatic carbocycles. The number of hydrogen-bond acceptors (Lipinski definition) is 4. The van der Waals surface area contributed by atoms with Crippen LogP contribution in [-0.4, -0.2) is 38.8 Å². The van der Waals surface area contributed by atoms with Gasteiger partial charge in [0.05, 0.1) is 12.9 Å². The van der Waals surface area contributed by atoms with E-state index in [1.165, 1.54) is 4.31 Å². The van der Waals surface area contributed by atoms with Gasteiger partial charge in [0.25, 0.3) is 0 Å². The molecule has 0 spiro atoms. The quantitative estimate of drug-likeness (QED) is 0.723. The first-order chi connectivity index (χ1) is 13.9. The fourth-order valence-electron chi connectivity index (χ4n) is 3.45. The van der Waals surface area contributed by atoms with Gasteiger partial charge in [-0.05, 0) is 36.6 Å². The van der Waals surface area contributed by atoms with E-state index >= 15 is 0 Å². The van der Waals surface area contributed by atoms with Gasteiger partial charge in [0.15, 0.2) is 0 Å².